The Kier molecular flexibility index (Phi) is 6.37. The number of nitrogens with zero attached hydrogens (tertiary/aromatic N) is 1. The molecule has 3 nitrogen and oxygen atoms in total. The maximum absolute atomic E-state index is 13.2. The summed E-state index contributed by atoms with van der Waals surface area (Å²) >= 11 is 0. The van der Waals surface area contributed by atoms with E-state index in [4.69, 9.17) is 10.8 Å². The molecule has 0 aromatic heterocycles. The number of nitrogens with two attached hydrogens (primary N) is 1. The molecule has 0 radical (unpaired) electrons. The molecule has 0 spiro atoms. The second kappa shape index (κ2) is 7.83. The van der Waals surface area contributed by atoms with Gasteiger partial charge >= 0.3 is 0 Å². The molecule has 4 heteroatoms. The molecule has 3 N–H and O–H groups in total. The van der Waals surface area contributed by atoms with E-state index in [0.29, 0.717) is 18.7 Å². The SMILES string of the molecule is CCN(CCO)Cc1ccc(F)cc1C#CCN. The van der Waals surface area contributed by atoms with E-state index in [0.717, 1.165) is 12.1 Å². The van der Waals surface area contributed by atoms with E-state index >= 15 is 0 Å². The van der Waals surface area contributed by atoms with Gasteiger partial charge in [-0.05, 0) is 24.2 Å². The third-order valence-electron chi connectivity index (χ3n) is 2.65. The number of aliphatic hydroxyl groups excluding tert-OH is 1. The molecule has 0 saturated heterocycles. The van der Waals surface area contributed by atoms with Crippen molar-refractivity contribution in [3.05, 3.63) is 35.1 Å². The Hall–Kier alpha value is -1.41. The summed E-state index contributed by atoms with van der Waals surface area (Å²) in [4.78, 5) is 2.07. The van der Waals surface area contributed by atoms with E-state index in [2.05, 4.69) is 16.7 Å². The summed E-state index contributed by atoms with van der Waals surface area (Å²) in [5.41, 5.74) is 6.94. The van der Waals surface area contributed by atoms with Crippen LogP contribution in [0.3, 0.4) is 0 Å². The van der Waals surface area contributed by atoms with Gasteiger partial charge in [0.1, 0.15) is 5.82 Å². The van der Waals surface area contributed by atoms with Crippen LogP contribution in [0.15, 0.2) is 18.2 Å². The molecule has 1 aromatic carbocycles. The Balaban J connectivity index is 2.92. The van der Waals surface area contributed by atoms with E-state index in [1.54, 1.807) is 6.07 Å². The first-order valence-electron chi connectivity index (χ1n) is 6.01. The van der Waals surface area contributed by atoms with Crippen LogP contribution in [-0.2, 0) is 6.54 Å². The highest BCUT2D eigenvalue weighted by atomic mass is 19.1. The quantitative estimate of drug-likeness (QED) is 0.765. The van der Waals surface area contributed by atoms with Crippen LogP contribution < -0.4 is 5.73 Å². The second-order valence-electron chi connectivity index (χ2n) is 3.90. The average Bonchev–Trinajstić information content (AvgIpc) is 2.38. The highest BCUT2D eigenvalue weighted by molar-refractivity contribution is 5.41. The number of aliphatic hydroxyl groups is 1. The van der Waals surface area contributed by atoms with Crippen molar-refractivity contribution >= 4 is 0 Å². The van der Waals surface area contributed by atoms with Crippen LogP contribution in [0.1, 0.15) is 18.1 Å². The van der Waals surface area contributed by atoms with E-state index < -0.39 is 0 Å². The van der Waals surface area contributed by atoms with Gasteiger partial charge in [0.05, 0.1) is 13.2 Å². The Morgan fingerprint density at radius 2 is 2.22 bits per heavy atom. The van der Waals surface area contributed by atoms with Crippen LogP contribution in [0, 0.1) is 17.7 Å². The van der Waals surface area contributed by atoms with Gasteiger partial charge < -0.3 is 10.8 Å². The molecule has 0 aliphatic carbocycles. The Morgan fingerprint density at radius 1 is 1.44 bits per heavy atom. The van der Waals surface area contributed by atoms with Crippen molar-refractivity contribution in [3.63, 3.8) is 0 Å². The van der Waals surface area contributed by atoms with Gasteiger partial charge in [0.15, 0.2) is 0 Å². The maximum Gasteiger partial charge on any atom is 0.124 e. The van der Waals surface area contributed by atoms with Crippen molar-refractivity contribution in [2.75, 3.05) is 26.2 Å². The number of hydrogen-bond donors (Lipinski definition) is 2. The van der Waals surface area contributed by atoms with Gasteiger partial charge in [-0.25, -0.2) is 4.39 Å². The van der Waals surface area contributed by atoms with Crippen LogP contribution in [0.25, 0.3) is 0 Å². The van der Waals surface area contributed by atoms with Crippen LogP contribution in [0.2, 0.25) is 0 Å². The Labute approximate surface area is 107 Å². The third-order valence-corrected chi connectivity index (χ3v) is 2.65. The van der Waals surface area contributed by atoms with E-state index in [1.165, 1.54) is 12.1 Å². The fourth-order valence-electron chi connectivity index (χ4n) is 1.68. The number of halogens is 1. The highest BCUT2D eigenvalue weighted by Gasteiger charge is 2.07. The number of hydrogen-bond acceptors (Lipinski definition) is 3. The van der Waals surface area contributed by atoms with Gasteiger partial charge in [-0.3, -0.25) is 4.90 Å². The Bertz CT molecular complexity index is 437. The van der Waals surface area contributed by atoms with Crippen molar-refractivity contribution in [1.82, 2.24) is 4.90 Å². The largest absolute Gasteiger partial charge is 0.395 e. The minimum absolute atomic E-state index is 0.110. The predicted molar refractivity (Wildman–Crippen MR) is 70.4 cm³/mol. The first-order valence-corrected chi connectivity index (χ1v) is 6.01. The number of rotatable bonds is 5. The van der Waals surface area contributed by atoms with Gasteiger partial charge in [-0.2, -0.15) is 0 Å². The van der Waals surface area contributed by atoms with Crippen molar-refractivity contribution in [2.24, 2.45) is 5.73 Å². The van der Waals surface area contributed by atoms with Crippen molar-refractivity contribution in [1.29, 1.82) is 0 Å². The minimum Gasteiger partial charge on any atom is -0.395 e. The van der Waals surface area contributed by atoms with Gasteiger partial charge in [-0.1, -0.05) is 24.8 Å². The average molecular weight is 250 g/mol. The molecular weight excluding hydrogens is 231 g/mol. The summed E-state index contributed by atoms with van der Waals surface area (Å²) in [6.07, 6.45) is 0. The van der Waals surface area contributed by atoms with Crippen LogP contribution in [0.4, 0.5) is 4.39 Å². The maximum atomic E-state index is 13.2. The zero-order valence-corrected chi connectivity index (χ0v) is 10.6. The summed E-state index contributed by atoms with van der Waals surface area (Å²) in [7, 11) is 0. The topological polar surface area (TPSA) is 49.5 Å². The minimum atomic E-state index is -0.301. The third kappa shape index (κ3) is 4.46. The highest BCUT2D eigenvalue weighted by Crippen LogP contribution is 2.13. The smallest absolute Gasteiger partial charge is 0.124 e. The van der Waals surface area contributed by atoms with Gasteiger partial charge in [0, 0.05) is 18.7 Å². The lowest BCUT2D eigenvalue weighted by Gasteiger charge is -2.19. The monoisotopic (exact) mass is 250 g/mol. The normalized spacial score (nSPS) is 10.3. The van der Waals surface area contributed by atoms with Crippen molar-refractivity contribution < 1.29 is 9.50 Å². The molecule has 0 fully saturated rings. The predicted octanol–water partition coefficient (Wildman–Crippen LogP) is 0.950. The summed E-state index contributed by atoms with van der Waals surface area (Å²) in [6, 6.07) is 4.58. The Morgan fingerprint density at radius 3 is 2.83 bits per heavy atom. The van der Waals surface area contributed by atoms with Crippen molar-refractivity contribution in [3.8, 4) is 11.8 Å². The molecule has 0 aliphatic heterocycles. The van der Waals surface area contributed by atoms with Crippen molar-refractivity contribution in [2.45, 2.75) is 13.5 Å². The van der Waals surface area contributed by atoms with E-state index in [-0.39, 0.29) is 19.0 Å². The molecule has 0 unspecified atom stereocenters. The molecule has 0 atom stereocenters. The molecule has 0 amide bonds. The standard InChI is InChI=1S/C14H19FN2O/c1-2-17(8-9-18)11-13-5-6-14(15)10-12(13)4-3-7-16/h5-6,10,18H,2,7-9,11,16H2,1H3. The fourth-order valence-corrected chi connectivity index (χ4v) is 1.68. The van der Waals surface area contributed by atoms with Crippen LogP contribution in [0.5, 0.6) is 0 Å². The lowest BCUT2D eigenvalue weighted by Crippen LogP contribution is -2.26. The van der Waals surface area contributed by atoms with Crippen LogP contribution >= 0.6 is 0 Å². The zero-order chi connectivity index (χ0) is 13.4. The molecule has 98 valence electrons. The summed E-state index contributed by atoms with van der Waals surface area (Å²) in [6.45, 7) is 4.44. The summed E-state index contributed by atoms with van der Waals surface area (Å²) in [5, 5.41) is 8.95. The fraction of sp³-hybridized carbons (Fsp3) is 0.429. The van der Waals surface area contributed by atoms with E-state index in [9.17, 15) is 4.39 Å². The molecular formula is C14H19FN2O. The van der Waals surface area contributed by atoms with Gasteiger partial charge in [0.2, 0.25) is 0 Å². The molecule has 1 aromatic rings. The van der Waals surface area contributed by atoms with Gasteiger partial charge in [0.25, 0.3) is 0 Å². The number of likely N-dealkylation sites (N-methyl/N-ethyl adjacent to an activating group) is 1. The molecule has 0 bridgehead atoms. The van der Waals surface area contributed by atoms with Gasteiger partial charge in [-0.15, -0.1) is 0 Å². The molecule has 0 heterocycles. The summed E-state index contributed by atoms with van der Waals surface area (Å²) in [5.74, 6) is 5.32. The zero-order valence-electron chi connectivity index (χ0n) is 10.6. The first kappa shape index (κ1) is 14.7. The molecule has 1 rings (SSSR count). The van der Waals surface area contributed by atoms with Crippen LogP contribution in [-0.4, -0.2) is 36.2 Å². The molecule has 0 aliphatic rings. The molecule has 18 heavy (non-hydrogen) atoms. The second-order valence-corrected chi connectivity index (χ2v) is 3.90. The number of benzene rings is 1. The summed E-state index contributed by atoms with van der Waals surface area (Å²) < 4.78 is 13.2. The lowest BCUT2D eigenvalue weighted by molar-refractivity contribution is 0.196. The lowest BCUT2D eigenvalue weighted by atomic mass is 10.1. The first-order chi connectivity index (χ1) is 8.71. The van der Waals surface area contributed by atoms with E-state index in [1.807, 2.05) is 6.92 Å². The molecule has 0 saturated carbocycles.